The van der Waals surface area contributed by atoms with Gasteiger partial charge in [-0.1, -0.05) is 11.6 Å². The van der Waals surface area contributed by atoms with Gasteiger partial charge in [-0.05, 0) is 25.0 Å². The Labute approximate surface area is 97.8 Å². The molecule has 0 unspecified atom stereocenters. The van der Waals surface area contributed by atoms with Crippen LogP contribution in [-0.2, 0) is 11.2 Å². The minimum Gasteiger partial charge on any atom is -0.494 e. The molecular formula is C11H12ClFO3. The van der Waals surface area contributed by atoms with Crippen molar-refractivity contribution in [2.24, 2.45) is 0 Å². The first-order chi connectivity index (χ1) is 7.56. The van der Waals surface area contributed by atoms with Crippen molar-refractivity contribution in [3.05, 3.63) is 28.5 Å². The lowest BCUT2D eigenvalue weighted by atomic mass is 10.1. The SMILES string of the molecule is COc1ccc(Cl)c(CCCC(=O)O)c1F. The number of benzene rings is 1. The molecule has 0 saturated carbocycles. The van der Waals surface area contributed by atoms with Gasteiger partial charge in [0.05, 0.1) is 7.11 Å². The van der Waals surface area contributed by atoms with E-state index in [9.17, 15) is 9.18 Å². The third-order valence-electron chi connectivity index (χ3n) is 2.19. The topological polar surface area (TPSA) is 46.5 Å². The van der Waals surface area contributed by atoms with E-state index in [0.717, 1.165) is 0 Å². The summed E-state index contributed by atoms with van der Waals surface area (Å²) in [5.41, 5.74) is 0.308. The summed E-state index contributed by atoms with van der Waals surface area (Å²) in [6.07, 6.45) is 0.625. The molecule has 0 aromatic heterocycles. The summed E-state index contributed by atoms with van der Waals surface area (Å²) in [4.78, 5) is 10.3. The summed E-state index contributed by atoms with van der Waals surface area (Å²) in [5.74, 6) is -1.30. The van der Waals surface area contributed by atoms with Crippen LogP contribution in [0.1, 0.15) is 18.4 Å². The fourth-order valence-electron chi connectivity index (χ4n) is 1.38. The largest absolute Gasteiger partial charge is 0.494 e. The molecule has 0 aliphatic heterocycles. The number of rotatable bonds is 5. The standard InChI is InChI=1S/C11H12ClFO3/c1-16-9-6-5-8(12)7(11(9)13)3-2-4-10(14)15/h5-6H,2-4H2,1H3,(H,14,15). The van der Waals surface area contributed by atoms with Gasteiger partial charge in [-0.15, -0.1) is 0 Å². The molecule has 0 amide bonds. The summed E-state index contributed by atoms with van der Waals surface area (Å²) in [5, 5.41) is 8.77. The maximum atomic E-state index is 13.7. The monoisotopic (exact) mass is 246 g/mol. The number of methoxy groups -OCH3 is 1. The van der Waals surface area contributed by atoms with E-state index >= 15 is 0 Å². The van der Waals surface area contributed by atoms with Crippen molar-refractivity contribution in [2.75, 3.05) is 7.11 Å². The quantitative estimate of drug-likeness (QED) is 0.869. The van der Waals surface area contributed by atoms with Gasteiger partial charge in [-0.3, -0.25) is 4.79 Å². The number of carbonyl (C=O) groups is 1. The Morgan fingerprint density at radius 1 is 1.56 bits per heavy atom. The van der Waals surface area contributed by atoms with Gasteiger partial charge in [0.25, 0.3) is 0 Å². The maximum Gasteiger partial charge on any atom is 0.303 e. The van der Waals surface area contributed by atoms with Gasteiger partial charge in [0.1, 0.15) is 0 Å². The normalized spacial score (nSPS) is 10.2. The maximum absolute atomic E-state index is 13.7. The first kappa shape index (κ1) is 12.8. The third kappa shape index (κ3) is 3.10. The molecule has 1 aromatic carbocycles. The highest BCUT2D eigenvalue weighted by atomic mass is 35.5. The van der Waals surface area contributed by atoms with Crippen molar-refractivity contribution in [3.8, 4) is 5.75 Å². The molecule has 0 bridgehead atoms. The lowest BCUT2D eigenvalue weighted by Crippen LogP contribution is -2.00. The Bertz CT molecular complexity index is 393. The molecule has 0 spiro atoms. The van der Waals surface area contributed by atoms with Crippen LogP contribution in [-0.4, -0.2) is 18.2 Å². The first-order valence-electron chi connectivity index (χ1n) is 4.79. The highest BCUT2D eigenvalue weighted by Crippen LogP contribution is 2.28. The highest BCUT2D eigenvalue weighted by Gasteiger charge is 2.13. The summed E-state index contributed by atoms with van der Waals surface area (Å²) >= 11 is 5.83. The fraction of sp³-hybridized carbons (Fsp3) is 0.364. The Hall–Kier alpha value is -1.29. The van der Waals surface area contributed by atoms with Crippen LogP contribution < -0.4 is 4.74 Å². The minimum absolute atomic E-state index is 0.00697. The highest BCUT2D eigenvalue weighted by molar-refractivity contribution is 6.31. The Morgan fingerprint density at radius 3 is 2.81 bits per heavy atom. The van der Waals surface area contributed by atoms with E-state index in [0.29, 0.717) is 17.0 Å². The summed E-state index contributed by atoms with van der Waals surface area (Å²) < 4.78 is 18.5. The molecule has 0 fully saturated rings. The molecule has 1 rings (SSSR count). The number of ether oxygens (including phenoxy) is 1. The molecule has 0 aliphatic carbocycles. The van der Waals surface area contributed by atoms with Crippen molar-refractivity contribution < 1.29 is 19.0 Å². The molecule has 0 atom stereocenters. The zero-order valence-corrected chi connectivity index (χ0v) is 9.55. The molecular weight excluding hydrogens is 235 g/mol. The van der Waals surface area contributed by atoms with E-state index in [1.54, 1.807) is 6.07 Å². The number of carboxylic acid groups (broad SMARTS) is 1. The molecule has 88 valence electrons. The summed E-state index contributed by atoms with van der Waals surface area (Å²) in [6, 6.07) is 2.98. The summed E-state index contributed by atoms with van der Waals surface area (Å²) in [7, 11) is 1.37. The van der Waals surface area contributed by atoms with Gasteiger partial charge in [0.2, 0.25) is 0 Å². The second-order valence-corrected chi connectivity index (χ2v) is 3.70. The van der Waals surface area contributed by atoms with E-state index in [2.05, 4.69) is 0 Å². The van der Waals surface area contributed by atoms with Gasteiger partial charge in [-0.2, -0.15) is 0 Å². The average molecular weight is 247 g/mol. The van der Waals surface area contributed by atoms with Crippen LogP contribution in [0.15, 0.2) is 12.1 Å². The van der Waals surface area contributed by atoms with E-state index < -0.39 is 11.8 Å². The van der Waals surface area contributed by atoms with Crippen molar-refractivity contribution in [3.63, 3.8) is 0 Å². The van der Waals surface area contributed by atoms with Crippen molar-refractivity contribution in [1.82, 2.24) is 0 Å². The first-order valence-corrected chi connectivity index (χ1v) is 5.16. The number of hydrogen-bond acceptors (Lipinski definition) is 2. The zero-order valence-electron chi connectivity index (χ0n) is 8.80. The third-order valence-corrected chi connectivity index (χ3v) is 2.54. The second kappa shape index (κ2) is 5.70. The molecule has 0 aliphatic rings. The molecule has 0 saturated heterocycles. The number of carboxylic acids is 1. The Balaban J connectivity index is 2.81. The molecule has 3 nitrogen and oxygen atoms in total. The zero-order chi connectivity index (χ0) is 12.1. The predicted molar refractivity (Wildman–Crippen MR) is 58.5 cm³/mol. The molecule has 16 heavy (non-hydrogen) atoms. The van der Waals surface area contributed by atoms with Crippen LogP contribution in [0.5, 0.6) is 5.75 Å². The van der Waals surface area contributed by atoms with Crippen LogP contribution in [0.25, 0.3) is 0 Å². The summed E-state index contributed by atoms with van der Waals surface area (Å²) in [6.45, 7) is 0. The van der Waals surface area contributed by atoms with Crippen LogP contribution in [0.2, 0.25) is 5.02 Å². The Morgan fingerprint density at radius 2 is 2.25 bits per heavy atom. The van der Waals surface area contributed by atoms with Crippen LogP contribution in [0.4, 0.5) is 4.39 Å². The van der Waals surface area contributed by atoms with Crippen molar-refractivity contribution in [2.45, 2.75) is 19.3 Å². The van der Waals surface area contributed by atoms with Gasteiger partial charge in [-0.25, -0.2) is 4.39 Å². The predicted octanol–water partition coefficient (Wildman–Crippen LogP) is 2.90. The molecule has 1 aromatic rings. The van der Waals surface area contributed by atoms with E-state index in [4.69, 9.17) is 21.4 Å². The van der Waals surface area contributed by atoms with E-state index in [1.165, 1.54) is 13.2 Å². The smallest absolute Gasteiger partial charge is 0.303 e. The van der Waals surface area contributed by atoms with E-state index in [1.807, 2.05) is 0 Å². The molecule has 0 radical (unpaired) electrons. The average Bonchev–Trinajstić information content (AvgIpc) is 2.23. The van der Waals surface area contributed by atoms with Crippen LogP contribution in [0, 0.1) is 5.82 Å². The molecule has 0 heterocycles. The lowest BCUT2D eigenvalue weighted by molar-refractivity contribution is -0.137. The Kier molecular flexibility index (Phi) is 4.55. The van der Waals surface area contributed by atoms with Gasteiger partial charge < -0.3 is 9.84 Å². The van der Waals surface area contributed by atoms with Crippen molar-refractivity contribution >= 4 is 17.6 Å². The molecule has 5 heteroatoms. The second-order valence-electron chi connectivity index (χ2n) is 3.29. The number of aliphatic carboxylic acids is 1. The van der Waals surface area contributed by atoms with Crippen LogP contribution in [0.3, 0.4) is 0 Å². The van der Waals surface area contributed by atoms with E-state index in [-0.39, 0.29) is 18.6 Å². The molecule has 1 N–H and O–H groups in total. The lowest BCUT2D eigenvalue weighted by Gasteiger charge is -2.08. The van der Waals surface area contributed by atoms with Gasteiger partial charge in [0.15, 0.2) is 11.6 Å². The fourth-order valence-corrected chi connectivity index (χ4v) is 1.62. The van der Waals surface area contributed by atoms with Crippen molar-refractivity contribution in [1.29, 1.82) is 0 Å². The van der Waals surface area contributed by atoms with Gasteiger partial charge >= 0.3 is 5.97 Å². The van der Waals surface area contributed by atoms with Crippen LogP contribution >= 0.6 is 11.6 Å². The number of hydrogen-bond donors (Lipinski definition) is 1. The minimum atomic E-state index is -0.903. The number of halogens is 2. The van der Waals surface area contributed by atoms with Gasteiger partial charge in [0, 0.05) is 17.0 Å².